The fourth-order valence-electron chi connectivity index (χ4n) is 1.42. The van der Waals surface area contributed by atoms with Crippen LogP contribution < -0.4 is 5.32 Å². The summed E-state index contributed by atoms with van der Waals surface area (Å²) in [7, 11) is 0. The third-order valence-corrected chi connectivity index (χ3v) is 2.72. The Labute approximate surface area is 107 Å². The first kappa shape index (κ1) is 14.3. The van der Waals surface area contributed by atoms with Gasteiger partial charge in [-0.15, -0.1) is 6.58 Å². The Morgan fingerprint density at radius 3 is 2.72 bits per heavy atom. The van der Waals surface area contributed by atoms with E-state index in [9.17, 15) is 4.79 Å². The van der Waals surface area contributed by atoms with Crippen molar-refractivity contribution in [3.63, 3.8) is 0 Å². The Morgan fingerprint density at radius 2 is 2.17 bits per heavy atom. The molecule has 0 saturated heterocycles. The van der Waals surface area contributed by atoms with E-state index in [0.29, 0.717) is 0 Å². The number of benzene rings is 1. The molecule has 1 amide bonds. The molecule has 4 nitrogen and oxygen atoms in total. The van der Waals surface area contributed by atoms with Crippen molar-refractivity contribution in [3.05, 3.63) is 48.6 Å². The van der Waals surface area contributed by atoms with Crippen LogP contribution in [-0.4, -0.2) is 23.8 Å². The summed E-state index contributed by atoms with van der Waals surface area (Å²) in [6, 6.07) is 9.05. The second kappa shape index (κ2) is 7.50. The van der Waals surface area contributed by atoms with Gasteiger partial charge in [0.15, 0.2) is 0 Å². The van der Waals surface area contributed by atoms with Gasteiger partial charge in [-0.25, -0.2) is 4.79 Å². The lowest BCUT2D eigenvalue weighted by molar-refractivity contribution is 0.125. The smallest absolute Gasteiger partial charge is 0.407 e. The van der Waals surface area contributed by atoms with Crippen LogP contribution >= 0.6 is 0 Å². The number of aliphatic hydroxyl groups excluding tert-OH is 1. The zero-order valence-corrected chi connectivity index (χ0v) is 10.5. The van der Waals surface area contributed by atoms with Crippen LogP contribution in [0.5, 0.6) is 0 Å². The quantitative estimate of drug-likeness (QED) is 0.759. The van der Waals surface area contributed by atoms with E-state index in [1.54, 1.807) is 6.08 Å². The summed E-state index contributed by atoms with van der Waals surface area (Å²) in [6.07, 6.45) is 1.14. The molecule has 18 heavy (non-hydrogen) atoms. The lowest BCUT2D eigenvalue weighted by Crippen LogP contribution is -2.41. The van der Waals surface area contributed by atoms with Gasteiger partial charge in [0.25, 0.3) is 0 Å². The highest BCUT2D eigenvalue weighted by Crippen LogP contribution is 2.05. The minimum absolute atomic E-state index is 0.0146. The average Bonchev–Trinajstić information content (AvgIpc) is 2.42. The third-order valence-electron chi connectivity index (χ3n) is 2.72. The van der Waals surface area contributed by atoms with E-state index in [-0.39, 0.29) is 25.2 Å². The molecule has 0 aliphatic heterocycles. The Bertz CT molecular complexity index is 378. The van der Waals surface area contributed by atoms with Crippen molar-refractivity contribution < 1.29 is 14.6 Å². The summed E-state index contributed by atoms with van der Waals surface area (Å²) in [5.41, 5.74) is 0.921. The Morgan fingerprint density at radius 1 is 1.50 bits per heavy atom. The van der Waals surface area contributed by atoms with Gasteiger partial charge in [0.2, 0.25) is 0 Å². The van der Waals surface area contributed by atoms with Crippen LogP contribution in [0.25, 0.3) is 0 Å². The number of hydrogen-bond donors (Lipinski definition) is 2. The molecule has 2 N–H and O–H groups in total. The molecule has 4 heteroatoms. The number of aliphatic hydroxyl groups is 1. The van der Waals surface area contributed by atoms with Gasteiger partial charge in [0.1, 0.15) is 6.61 Å². The van der Waals surface area contributed by atoms with Crippen molar-refractivity contribution in [2.75, 3.05) is 6.61 Å². The van der Waals surface area contributed by atoms with Crippen molar-refractivity contribution in [1.82, 2.24) is 5.32 Å². The largest absolute Gasteiger partial charge is 0.445 e. The van der Waals surface area contributed by atoms with Gasteiger partial charge in [-0.1, -0.05) is 43.3 Å². The van der Waals surface area contributed by atoms with Crippen molar-refractivity contribution in [2.45, 2.75) is 19.6 Å². The number of nitrogens with one attached hydrogen (secondary N) is 1. The molecule has 0 bridgehead atoms. The summed E-state index contributed by atoms with van der Waals surface area (Å²) in [6.45, 7) is 5.56. The maximum Gasteiger partial charge on any atom is 0.407 e. The average molecular weight is 249 g/mol. The van der Waals surface area contributed by atoms with E-state index in [2.05, 4.69) is 11.9 Å². The van der Waals surface area contributed by atoms with Gasteiger partial charge in [-0.2, -0.15) is 0 Å². The number of carbonyl (C=O) groups is 1. The summed E-state index contributed by atoms with van der Waals surface area (Å²) < 4.78 is 5.06. The molecule has 1 rings (SSSR count). The summed E-state index contributed by atoms with van der Waals surface area (Å²) in [5.74, 6) is -0.0146. The first-order chi connectivity index (χ1) is 8.67. The molecule has 1 aromatic rings. The molecular formula is C14H19NO3. The predicted octanol–water partition coefficient (Wildman–Crippen LogP) is 2.10. The molecule has 2 atom stereocenters. The minimum Gasteiger partial charge on any atom is -0.445 e. The Balaban J connectivity index is 2.39. The summed E-state index contributed by atoms with van der Waals surface area (Å²) >= 11 is 0. The zero-order valence-electron chi connectivity index (χ0n) is 10.5. The molecular weight excluding hydrogens is 230 g/mol. The van der Waals surface area contributed by atoms with Crippen LogP contribution in [0.1, 0.15) is 12.5 Å². The van der Waals surface area contributed by atoms with Crippen LogP contribution in [0.3, 0.4) is 0 Å². The molecule has 0 unspecified atom stereocenters. The van der Waals surface area contributed by atoms with E-state index in [4.69, 9.17) is 9.84 Å². The van der Waals surface area contributed by atoms with Gasteiger partial charge < -0.3 is 15.2 Å². The second-order valence-corrected chi connectivity index (χ2v) is 4.09. The van der Waals surface area contributed by atoms with Crippen molar-refractivity contribution in [3.8, 4) is 0 Å². The molecule has 0 heterocycles. The summed E-state index contributed by atoms with van der Waals surface area (Å²) in [4.78, 5) is 11.5. The van der Waals surface area contributed by atoms with Crippen LogP contribution in [0.4, 0.5) is 4.79 Å². The molecule has 98 valence electrons. The normalized spacial score (nSPS) is 13.4. The van der Waals surface area contributed by atoms with Gasteiger partial charge in [-0.05, 0) is 11.5 Å². The van der Waals surface area contributed by atoms with Crippen molar-refractivity contribution >= 4 is 6.09 Å². The predicted molar refractivity (Wildman–Crippen MR) is 70.0 cm³/mol. The Kier molecular flexibility index (Phi) is 5.94. The van der Waals surface area contributed by atoms with Gasteiger partial charge in [0.05, 0.1) is 12.6 Å². The van der Waals surface area contributed by atoms with Gasteiger partial charge in [0, 0.05) is 0 Å². The van der Waals surface area contributed by atoms with Crippen LogP contribution in [0.2, 0.25) is 0 Å². The van der Waals surface area contributed by atoms with Crippen molar-refractivity contribution in [1.29, 1.82) is 0 Å². The van der Waals surface area contributed by atoms with E-state index in [1.807, 2.05) is 37.3 Å². The lowest BCUT2D eigenvalue weighted by Gasteiger charge is -2.20. The standard InChI is InChI=1S/C14H19NO3/c1-3-11(2)13(9-16)15-14(17)18-10-12-7-5-4-6-8-12/h3-8,11,13,16H,1,9-10H2,2H3,(H,15,17)/t11-,13-/m1/s1. The highest BCUT2D eigenvalue weighted by molar-refractivity contribution is 5.67. The molecule has 0 radical (unpaired) electrons. The number of hydrogen-bond acceptors (Lipinski definition) is 3. The van der Waals surface area contributed by atoms with E-state index >= 15 is 0 Å². The molecule has 0 aliphatic rings. The van der Waals surface area contributed by atoms with E-state index in [0.717, 1.165) is 5.56 Å². The third kappa shape index (κ3) is 4.59. The van der Waals surface area contributed by atoms with Gasteiger partial charge >= 0.3 is 6.09 Å². The highest BCUT2D eigenvalue weighted by Gasteiger charge is 2.16. The fraction of sp³-hybridized carbons (Fsp3) is 0.357. The topological polar surface area (TPSA) is 58.6 Å². The molecule has 0 aromatic heterocycles. The molecule has 0 aliphatic carbocycles. The number of alkyl carbamates (subject to hydrolysis) is 1. The van der Waals surface area contributed by atoms with E-state index < -0.39 is 6.09 Å². The van der Waals surface area contributed by atoms with Crippen molar-refractivity contribution in [2.24, 2.45) is 5.92 Å². The minimum atomic E-state index is -0.536. The first-order valence-electron chi connectivity index (χ1n) is 5.88. The highest BCUT2D eigenvalue weighted by atomic mass is 16.5. The lowest BCUT2D eigenvalue weighted by atomic mass is 10.0. The molecule has 0 fully saturated rings. The molecule has 0 saturated carbocycles. The maximum absolute atomic E-state index is 11.5. The molecule has 1 aromatic carbocycles. The first-order valence-corrected chi connectivity index (χ1v) is 5.88. The zero-order chi connectivity index (χ0) is 13.4. The van der Waals surface area contributed by atoms with Crippen LogP contribution in [0, 0.1) is 5.92 Å². The van der Waals surface area contributed by atoms with E-state index in [1.165, 1.54) is 0 Å². The number of rotatable bonds is 6. The SMILES string of the molecule is C=C[C@@H](C)[C@@H](CO)NC(=O)OCc1ccccc1. The summed E-state index contributed by atoms with van der Waals surface area (Å²) in [5, 5.41) is 11.7. The maximum atomic E-state index is 11.5. The molecule has 0 spiro atoms. The van der Waals surface area contributed by atoms with Crippen LogP contribution in [0.15, 0.2) is 43.0 Å². The monoisotopic (exact) mass is 249 g/mol. The second-order valence-electron chi connectivity index (χ2n) is 4.09. The Hall–Kier alpha value is -1.81. The fourth-order valence-corrected chi connectivity index (χ4v) is 1.42. The number of carbonyl (C=O) groups excluding carboxylic acids is 1. The van der Waals surface area contributed by atoms with Gasteiger partial charge in [-0.3, -0.25) is 0 Å². The number of ether oxygens (including phenoxy) is 1. The number of amides is 1. The van der Waals surface area contributed by atoms with Crippen LogP contribution in [-0.2, 0) is 11.3 Å².